The van der Waals surface area contributed by atoms with Gasteiger partial charge < -0.3 is 20.9 Å². The number of pyridine rings is 1. The van der Waals surface area contributed by atoms with Gasteiger partial charge >= 0.3 is 6.03 Å². The molecule has 3 N–H and O–H groups in total. The van der Waals surface area contributed by atoms with E-state index in [0.717, 1.165) is 16.7 Å². The van der Waals surface area contributed by atoms with Gasteiger partial charge in [-0.15, -0.1) is 0 Å². The van der Waals surface area contributed by atoms with Crippen molar-refractivity contribution in [3.8, 4) is 0 Å². The first-order valence-corrected chi connectivity index (χ1v) is 14.2. The number of urea groups is 1. The van der Waals surface area contributed by atoms with E-state index in [9.17, 15) is 28.0 Å². The van der Waals surface area contributed by atoms with Gasteiger partial charge in [0.2, 0.25) is 17.6 Å². The second-order valence-electron chi connectivity index (χ2n) is 11.1. The smallest absolute Gasteiger partial charge is 0.318 e. The Morgan fingerprint density at radius 2 is 1.60 bits per heavy atom. The van der Waals surface area contributed by atoms with Crippen molar-refractivity contribution in [2.75, 3.05) is 6.54 Å². The number of amides is 4. The van der Waals surface area contributed by atoms with Gasteiger partial charge in [-0.3, -0.25) is 19.4 Å². The van der Waals surface area contributed by atoms with E-state index in [1.165, 1.54) is 4.90 Å². The highest BCUT2D eigenvalue weighted by Gasteiger charge is 2.45. The van der Waals surface area contributed by atoms with Crippen LogP contribution < -0.4 is 16.0 Å². The maximum absolute atomic E-state index is 13.8. The lowest BCUT2D eigenvalue weighted by Gasteiger charge is -2.38. The zero-order valence-electron chi connectivity index (χ0n) is 23.5. The summed E-state index contributed by atoms with van der Waals surface area (Å²) in [5.41, 5.74) is 3.05. The first-order chi connectivity index (χ1) is 20.7. The zero-order chi connectivity index (χ0) is 30.4. The van der Waals surface area contributed by atoms with Crippen molar-refractivity contribution in [1.82, 2.24) is 25.8 Å². The van der Waals surface area contributed by atoms with Crippen LogP contribution in [-0.4, -0.2) is 58.1 Å². The van der Waals surface area contributed by atoms with E-state index in [2.05, 4.69) is 20.9 Å². The number of nitrogens with zero attached hydrogens (tertiary/aromatic N) is 2. The van der Waals surface area contributed by atoms with Crippen LogP contribution in [0.5, 0.6) is 0 Å². The van der Waals surface area contributed by atoms with E-state index >= 15 is 0 Å². The number of benzene rings is 2. The van der Waals surface area contributed by atoms with E-state index in [4.69, 9.17) is 0 Å². The molecule has 1 aromatic heterocycles. The highest BCUT2D eigenvalue weighted by atomic mass is 19.3. The third-order valence-corrected chi connectivity index (χ3v) is 7.82. The molecule has 0 saturated heterocycles. The van der Waals surface area contributed by atoms with Crippen molar-refractivity contribution in [1.29, 1.82) is 0 Å². The van der Waals surface area contributed by atoms with Gasteiger partial charge in [0.25, 0.3) is 5.91 Å². The fraction of sp³-hybridized carbons (Fsp3) is 0.344. The Morgan fingerprint density at radius 1 is 0.907 bits per heavy atom. The molecule has 0 radical (unpaired) electrons. The number of carbonyl (C=O) groups excluding carboxylic acids is 4. The molecule has 4 amide bonds. The number of nitrogens with one attached hydrogen (secondary N) is 3. The SMILES string of the molecule is O=C(NCc1ccccn1)C(=O)[C@@H](Cc1ccccc1)NC(=O)[C@H]1Cc2ccccc2CN1C(=O)NCC1CC(F)(F)C1. The van der Waals surface area contributed by atoms with E-state index in [1.54, 1.807) is 48.7 Å². The summed E-state index contributed by atoms with van der Waals surface area (Å²) in [7, 11) is 0. The molecule has 43 heavy (non-hydrogen) atoms. The molecule has 9 nitrogen and oxygen atoms in total. The van der Waals surface area contributed by atoms with Gasteiger partial charge in [-0.2, -0.15) is 0 Å². The van der Waals surface area contributed by atoms with Crippen LogP contribution in [-0.2, 0) is 40.3 Å². The average Bonchev–Trinajstić information content (AvgIpc) is 3.01. The number of alkyl halides is 2. The van der Waals surface area contributed by atoms with Crippen LogP contribution in [0.1, 0.15) is 35.2 Å². The summed E-state index contributed by atoms with van der Waals surface area (Å²) in [5.74, 6) is -5.32. The Bertz CT molecular complexity index is 1460. The molecular formula is C32H33F2N5O4. The number of halogens is 2. The Morgan fingerprint density at radius 3 is 2.30 bits per heavy atom. The summed E-state index contributed by atoms with van der Waals surface area (Å²) in [6.45, 7) is 0.243. The monoisotopic (exact) mass is 589 g/mol. The van der Waals surface area contributed by atoms with Crippen LogP contribution in [0.25, 0.3) is 0 Å². The van der Waals surface area contributed by atoms with E-state index in [0.29, 0.717) is 5.69 Å². The molecule has 11 heteroatoms. The summed E-state index contributed by atoms with van der Waals surface area (Å²) in [6, 6.07) is 18.9. The molecule has 0 spiro atoms. The highest BCUT2D eigenvalue weighted by Crippen LogP contribution is 2.41. The molecule has 2 heterocycles. The number of hydrogen-bond donors (Lipinski definition) is 3. The van der Waals surface area contributed by atoms with E-state index in [1.807, 2.05) is 30.3 Å². The highest BCUT2D eigenvalue weighted by molar-refractivity contribution is 6.38. The summed E-state index contributed by atoms with van der Waals surface area (Å²) in [5, 5.41) is 8.02. The molecule has 5 rings (SSSR count). The summed E-state index contributed by atoms with van der Waals surface area (Å²) in [4.78, 5) is 58.8. The number of carbonyl (C=O) groups is 4. The molecule has 1 saturated carbocycles. The van der Waals surface area contributed by atoms with Gasteiger partial charge in [0.15, 0.2) is 0 Å². The summed E-state index contributed by atoms with van der Waals surface area (Å²) in [6.07, 6.45) is 1.26. The molecule has 2 aromatic carbocycles. The van der Waals surface area contributed by atoms with Crippen molar-refractivity contribution in [3.63, 3.8) is 0 Å². The molecule has 224 valence electrons. The Balaban J connectivity index is 1.31. The lowest BCUT2D eigenvalue weighted by molar-refractivity contribution is -0.140. The molecule has 0 bridgehead atoms. The lowest BCUT2D eigenvalue weighted by Crippen LogP contribution is -2.59. The third kappa shape index (κ3) is 7.59. The first-order valence-electron chi connectivity index (χ1n) is 14.2. The van der Waals surface area contributed by atoms with Gasteiger partial charge in [0, 0.05) is 45.0 Å². The number of fused-ring (bicyclic) bond motifs is 1. The van der Waals surface area contributed by atoms with Crippen molar-refractivity contribution >= 4 is 23.6 Å². The van der Waals surface area contributed by atoms with Crippen molar-refractivity contribution in [3.05, 3.63) is 101 Å². The Labute approximate surface area is 248 Å². The van der Waals surface area contributed by atoms with Crippen LogP contribution in [0.3, 0.4) is 0 Å². The minimum atomic E-state index is -2.70. The summed E-state index contributed by atoms with van der Waals surface area (Å²) < 4.78 is 26.6. The van der Waals surface area contributed by atoms with E-state index < -0.39 is 41.6 Å². The Hall–Kier alpha value is -4.67. The van der Waals surface area contributed by atoms with Crippen LogP contribution in [0.2, 0.25) is 0 Å². The molecule has 3 aromatic rings. The lowest BCUT2D eigenvalue weighted by atomic mass is 9.81. The van der Waals surface area contributed by atoms with E-state index in [-0.39, 0.29) is 51.2 Å². The number of ketones is 1. The average molecular weight is 590 g/mol. The van der Waals surface area contributed by atoms with Gasteiger partial charge in [-0.25, -0.2) is 13.6 Å². The van der Waals surface area contributed by atoms with Crippen molar-refractivity contribution < 1.29 is 28.0 Å². The predicted octanol–water partition coefficient (Wildman–Crippen LogP) is 3.18. The van der Waals surface area contributed by atoms with Gasteiger partial charge in [-0.05, 0) is 34.7 Å². The van der Waals surface area contributed by atoms with Crippen LogP contribution >= 0.6 is 0 Å². The normalized spacial score (nSPS) is 18.0. The zero-order valence-corrected chi connectivity index (χ0v) is 23.5. The van der Waals surface area contributed by atoms with Gasteiger partial charge in [0.1, 0.15) is 12.1 Å². The number of rotatable bonds is 10. The summed E-state index contributed by atoms with van der Waals surface area (Å²) >= 11 is 0. The topological polar surface area (TPSA) is 120 Å². The predicted molar refractivity (Wildman–Crippen MR) is 154 cm³/mol. The first kappa shape index (κ1) is 29.8. The molecule has 1 aliphatic heterocycles. The maximum atomic E-state index is 13.8. The van der Waals surface area contributed by atoms with Crippen molar-refractivity contribution in [2.24, 2.45) is 5.92 Å². The number of hydrogen-bond acceptors (Lipinski definition) is 5. The quantitative estimate of drug-likeness (QED) is 0.314. The fourth-order valence-electron chi connectivity index (χ4n) is 5.48. The van der Waals surface area contributed by atoms with Gasteiger partial charge in [-0.1, -0.05) is 60.7 Å². The second-order valence-corrected chi connectivity index (χ2v) is 11.1. The maximum Gasteiger partial charge on any atom is 0.318 e. The number of Topliss-reactive ketones (excluding diaryl/α,β-unsaturated/α-hetero) is 1. The fourth-order valence-corrected chi connectivity index (χ4v) is 5.48. The van der Waals surface area contributed by atoms with Crippen LogP contribution in [0.4, 0.5) is 13.6 Å². The largest absolute Gasteiger partial charge is 0.344 e. The molecule has 1 aliphatic carbocycles. The minimum absolute atomic E-state index is 0.0394. The molecule has 2 atom stereocenters. The van der Waals surface area contributed by atoms with Crippen molar-refractivity contribution in [2.45, 2.75) is 56.8 Å². The molecule has 0 unspecified atom stereocenters. The third-order valence-electron chi connectivity index (χ3n) is 7.82. The minimum Gasteiger partial charge on any atom is -0.344 e. The van der Waals surface area contributed by atoms with Gasteiger partial charge in [0.05, 0.1) is 12.2 Å². The molecule has 2 aliphatic rings. The second kappa shape index (κ2) is 13.1. The van der Waals surface area contributed by atoms with Crippen LogP contribution in [0.15, 0.2) is 79.0 Å². The molecular weight excluding hydrogens is 556 g/mol. The number of aromatic nitrogens is 1. The van der Waals surface area contributed by atoms with Crippen LogP contribution in [0, 0.1) is 5.92 Å². The molecule has 1 fully saturated rings. The standard InChI is InChI=1S/C32H33F2N5O4/c33-32(34)16-22(17-32)18-37-31(43)39-20-24-11-5-4-10-23(24)15-27(39)29(41)38-26(14-21-8-2-1-3-9-21)28(40)30(42)36-19-25-12-6-7-13-35-25/h1-13,22,26-27H,14-20H2,(H,36,42)(H,37,43)(H,38,41)/t26-,27-/m1/s1. The Kier molecular flexibility index (Phi) is 9.08.